The fourth-order valence-corrected chi connectivity index (χ4v) is 3.25. The highest BCUT2D eigenvalue weighted by atomic mass is 79.9. The summed E-state index contributed by atoms with van der Waals surface area (Å²) >= 11 is 3.59. The Balaban J connectivity index is 1.62. The van der Waals surface area contributed by atoms with Crippen LogP contribution in [0, 0.1) is 6.92 Å². The second kappa shape index (κ2) is 6.10. The molecule has 1 N–H and O–H groups in total. The van der Waals surface area contributed by atoms with Crippen LogP contribution < -0.4 is 10.1 Å². The summed E-state index contributed by atoms with van der Waals surface area (Å²) < 4.78 is 6.37. The lowest BCUT2D eigenvalue weighted by Gasteiger charge is -2.37. The van der Waals surface area contributed by atoms with Crippen LogP contribution in [0.5, 0.6) is 5.75 Å². The second-order valence-corrected chi connectivity index (χ2v) is 6.62. The predicted molar refractivity (Wildman–Crippen MR) is 91.3 cm³/mol. The largest absolute Gasteiger partial charge is 0.497 e. The molecule has 2 aromatic rings. The van der Waals surface area contributed by atoms with Crippen molar-refractivity contribution in [3.05, 3.63) is 58.1 Å². The van der Waals surface area contributed by atoms with Crippen molar-refractivity contribution in [2.75, 3.05) is 12.4 Å². The fourth-order valence-electron chi connectivity index (χ4n) is 2.89. The minimum Gasteiger partial charge on any atom is -0.497 e. The quantitative estimate of drug-likeness (QED) is 0.829. The van der Waals surface area contributed by atoms with E-state index in [4.69, 9.17) is 4.74 Å². The molecule has 110 valence electrons. The van der Waals surface area contributed by atoms with E-state index in [-0.39, 0.29) is 0 Å². The van der Waals surface area contributed by atoms with E-state index >= 15 is 0 Å². The van der Waals surface area contributed by atoms with Crippen molar-refractivity contribution in [1.82, 2.24) is 0 Å². The molecule has 1 saturated carbocycles. The van der Waals surface area contributed by atoms with Crippen LogP contribution in [0.15, 0.2) is 46.9 Å². The molecular weight excluding hydrogens is 326 g/mol. The van der Waals surface area contributed by atoms with Crippen LogP contribution >= 0.6 is 15.9 Å². The summed E-state index contributed by atoms with van der Waals surface area (Å²) in [6.07, 6.45) is 2.38. The highest BCUT2D eigenvalue weighted by Gasteiger charge is 2.30. The standard InChI is InChI=1S/C18H20BrNO/c1-12-4-3-5-13(8-12)14-9-15(10-14)20-18-11-16(21-2)6-7-17(18)19/h3-8,11,14-15,20H,9-10H2,1-2H3. The Bertz CT molecular complexity index is 635. The fraction of sp³-hybridized carbons (Fsp3) is 0.333. The average molecular weight is 346 g/mol. The van der Waals surface area contributed by atoms with Gasteiger partial charge in [0.15, 0.2) is 0 Å². The first-order chi connectivity index (χ1) is 10.2. The van der Waals surface area contributed by atoms with Gasteiger partial charge in [-0.15, -0.1) is 0 Å². The van der Waals surface area contributed by atoms with E-state index in [2.05, 4.69) is 52.4 Å². The lowest BCUT2D eigenvalue weighted by Crippen LogP contribution is -2.34. The Labute approximate surface area is 134 Å². The van der Waals surface area contributed by atoms with E-state index in [0.717, 1.165) is 15.9 Å². The first-order valence-corrected chi connectivity index (χ1v) is 8.11. The summed E-state index contributed by atoms with van der Waals surface area (Å²) in [5.41, 5.74) is 3.93. The van der Waals surface area contributed by atoms with Crippen LogP contribution in [0.3, 0.4) is 0 Å². The molecule has 1 fully saturated rings. The zero-order chi connectivity index (χ0) is 14.8. The molecule has 0 atom stereocenters. The zero-order valence-electron chi connectivity index (χ0n) is 12.4. The number of rotatable bonds is 4. The van der Waals surface area contributed by atoms with E-state index in [9.17, 15) is 0 Å². The normalized spacial score (nSPS) is 20.7. The molecule has 0 radical (unpaired) electrons. The third-order valence-corrected chi connectivity index (χ3v) is 4.88. The lowest BCUT2D eigenvalue weighted by atomic mass is 9.75. The van der Waals surface area contributed by atoms with Crippen LogP contribution in [-0.4, -0.2) is 13.2 Å². The summed E-state index contributed by atoms with van der Waals surface area (Å²) in [6.45, 7) is 2.16. The smallest absolute Gasteiger partial charge is 0.121 e. The number of ether oxygens (including phenoxy) is 1. The van der Waals surface area contributed by atoms with Crippen molar-refractivity contribution in [2.45, 2.75) is 31.7 Å². The van der Waals surface area contributed by atoms with Gasteiger partial charge in [0, 0.05) is 16.6 Å². The second-order valence-electron chi connectivity index (χ2n) is 5.77. The summed E-state index contributed by atoms with van der Waals surface area (Å²) in [5, 5.41) is 3.61. The minimum absolute atomic E-state index is 0.541. The van der Waals surface area contributed by atoms with E-state index in [1.165, 1.54) is 24.0 Å². The van der Waals surface area contributed by atoms with Crippen LogP contribution in [0.1, 0.15) is 29.9 Å². The molecule has 2 aromatic carbocycles. The molecule has 0 unspecified atom stereocenters. The van der Waals surface area contributed by atoms with Gasteiger partial charge in [-0.2, -0.15) is 0 Å². The molecule has 2 nitrogen and oxygen atoms in total. The predicted octanol–water partition coefficient (Wildman–Crippen LogP) is 5.12. The van der Waals surface area contributed by atoms with Gasteiger partial charge in [-0.1, -0.05) is 29.8 Å². The van der Waals surface area contributed by atoms with E-state index in [1.807, 2.05) is 18.2 Å². The van der Waals surface area contributed by atoms with Gasteiger partial charge in [0.1, 0.15) is 5.75 Å². The molecule has 0 aromatic heterocycles. The van der Waals surface area contributed by atoms with Gasteiger partial charge < -0.3 is 10.1 Å². The maximum absolute atomic E-state index is 5.29. The molecule has 0 bridgehead atoms. The summed E-state index contributed by atoms with van der Waals surface area (Å²) in [7, 11) is 1.70. The summed E-state index contributed by atoms with van der Waals surface area (Å²) in [5.74, 6) is 1.57. The molecule has 21 heavy (non-hydrogen) atoms. The first kappa shape index (κ1) is 14.5. The zero-order valence-corrected chi connectivity index (χ0v) is 14.0. The van der Waals surface area contributed by atoms with Crippen molar-refractivity contribution in [1.29, 1.82) is 0 Å². The van der Waals surface area contributed by atoms with Crippen molar-refractivity contribution in [3.8, 4) is 5.75 Å². The molecule has 0 amide bonds. The Hall–Kier alpha value is -1.48. The number of methoxy groups -OCH3 is 1. The van der Waals surface area contributed by atoms with Crippen molar-refractivity contribution >= 4 is 21.6 Å². The maximum atomic E-state index is 5.29. The lowest BCUT2D eigenvalue weighted by molar-refractivity contribution is 0.373. The monoisotopic (exact) mass is 345 g/mol. The topological polar surface area (TPSA) is 21.3 Å². The number of halogens is 1. The number of aryl methyl sites for hydroxylation is 1. The Morgan fingerprint density at radius 2 is 1.95 bits per heavy atom. The van der Waals surface area contributed by atoms with Gasteiger partial charge in [0.05, 0.1) is 12.8 Å². The van der Waals surface area contributed by atoms with Crippen LogP contribution in [0.4, 0.5) is 5.69 Å². The molecule has 0 heterocycles. The summed E-state index contributed by atoms with van der Waals surface area (Å²) in [6, 6.07) is 15.4. The minimum atomic E-state index is 0.541. The van der Waals surface area contributed by atoms with E-state index in [0.29, 0.717) is 12.0 Å². The van der Waals surface area contributed by atoms with Gasteiger partial charge >= 0.3 is 0 Å². The van der Waals surface area contributed by atoms with Gasteiger partial charge in [0.25, 0.3) is 0 Å². The SMILES string of the molecule is COc1ccc(Br)c(NC2CC(c3cccc(C)c3)C2)c1. The number of benzene rings is 2. The number of anilines is 1. The highest BCUT2D eigenvalue weighted by Crippen LogP contribution is 2.40. The van der Waals surface area contributed by atoms with E-state index in [1.54, 1.807) is 7.11 Å². The third kappa shape index (κ3) is 3.24. The molecule has 0 spiro atoms. The van der Waals surface area contributed by atoms with Crippen LogP contribution in [-0.2, 0) is 0 Å². The van der Waals surface area contributed by atoms with Crippen LogP contribution in [0.25, 0.3) is 0 Å². The van der Waals surface area contributed by atoms with Gasteiger partial charge in [-0.25, -0.2) is 0 Å². The van der Waals surface area contributed by atoms with Gasteiger partial charge in [0.2, 0.25) is 0 Å². The number of nitrogens with one attached hydrogen (secondary N) is 1. The molecule has 3 rings (SSSR count). The third-order valence-electron chi connectivity index (χ3n) is 4.18. The highest BCUT2D eigenvalue weighted by molar-refractivity contribution is 9.10. The van der Waals surface area contributed by atoms with Crippen molar-refractivity contribution in [2.24, 2.45) is 0 Å². The number of hydrogen-bond acceptors (Lipinski definition) is 2. The van der Waals surface area contributed by atoms with Gasteiger partial charge in [-0.3, -0.25) is 0 Å². The molecule has 0 saturated heterocycles. The molecule has 0 aliphatic heterocycles. The average Bonchev–Trinajstić information content (AvgIpc) is 2.44. The first-order valence-electron chi connectivity index (χ1n) is 7.32. The van der Waals surface area contributed by atoms with Gasteiger partial charge in [-0.05, 0) is 59.3 Å². The Morgan fingerprint density at radius 3 is 2.67 bits per heavy atom. The molecule has 1 aliphatic rings. The van der Waals surface area contributed by atoms with Crippen molar-refractivity contribution < 1.29 is 4.74 Å². The molecule has 3 heteroatoms. The van der Waals surface area contributed by atoms with Crippen LogP contribution in [0.2, 0.25) is 0 Å². The van der Waals surface area contributed by atoms with E-state index < -0.39 is 0 Å². The van der Waals surface area contributed by atoms with Crippen molar-refractivity contribution in [3.63, 3.8) is 0 Å². The molecule has 1 aliphatic carbocycles. The maximum Gasteiger partial charge on any atom is 0.121 e. The Morgan fingerprint density at radius 1 is 1.14 bits per heavy atom. The Kier molecular flexibility index (Phi) is 4.20. The molecular formula is C18H20BrNO. The number of hydrogen-bond donors (Lipinski definition) is 1. The summed E-state index contributed by atoms with van der Waals surface area (Å²) in [4.78, 5) is 0.